The summed E-state index contributed by atoms with van der Waals surface area (Å²) in [4.78, 5) is 15.4. The Kier molecular flexibility index (Phi) is 4.35. The third-order valence-electron chi connectivity index (χ3n) is 4.07. The molecule has 130 valence electrons. The minimum Gasteiger partial charge on any atom is -0.443 e. The summed E-state index contributed by atoms with van der Waals surface area (Å²) in [6, 6.07) is 11.9. The summed E-state index contributed by atoms with van der Waals surface area (Å²) in [5, 5.41) is 1.05. The van der Waals surface area contributed by atoms with E-state index in [4.69, 9.17) is 16.2 Å². The molecule has 0 radical (unpaired) electrons. The summed E-state index contributed by atoms with van der Waals surface area (Å²) in [6.45, 7) is 4.34. The molecular formula is C19H22N4O2. The fourth-order valence-corrected chi connectivity index (χ4v) is 3.05. The zero-order chi connectivity index (χ0) is 18.0. The van der Waals surface area contributed by atoms with E-state index in [9.17, 15) is 4.79 Å². The molecule has 2 aromatic heterocycles. The number of aromatic nitrogens is 2. The second-order valence-electron chi connectivity index (χ2n) is 6.74. The van der Waals surface area contributed by atoms with E-state index in [2.05, 4.69) is 15.6 Å². The number of hydrogen-bond donors (Lipinski definition) is 2. The van der Waals surface area contributed by atoms with Gasteiger partial charge >= 0.3 is 6.09 Å². The Morgan fingerprint density at radius 2 is 2.08 bits per heavy atom. The van der Waals surface area contributed by atoms with Crippen LogP contribution in [0, 0.1) is 0 Å². The molecule has 0 aliphatic rings. The second kappa shape index (κ2) is 6.47. The highest BCUT2D eigenvalue weighted by Crippen LogP contribution is 2.23. The fourth-order valence-electron chi connectivity index (χ4n) is 3.05. The molecule has 1 aromatic carbocycles. The van der Waals surface area contributed by atoms with Gasteiger partial charge < -0.3 is 20.8 Å². The molecule has 25 heavy (non-hydrogen) atoms. The van der Waals surface area contributed by atoms with Gasteiger partial charge in [-0.15, -0.1) is 0 Å². The maximum absolute atomic E-state index is 11.0. The van der Waals surface area contributed by atoms with Gasteiger partial charge in [0, 0.05) is 42.1 Å². The Bertz CT molecular complexity index is 915. The molecule has 2 heterocycles. The standard InChI is InChI=1S/C19H22N4O2/c1-19(2,25-18(21)24)11-14-10-13(6-8-22-14)12-23-9-7-15-16(20)4-3-5-17(15)23/h3-10H,11-12,20H2,1-2H3,(H2,21,24). The second-order valence-corrected chi connectivity index (χ2v) is 6.74. The van der Waals surface area contributed by atoms with E-state index in [0.717, 1.165) is 27.8 Å². The third-order valence-corrected chi connectivity index (χ3v) is 4.07. The highest BCUT2D eigenvalue weighted by Gasteiger charge is 2.23. The zero-order valence-corrected chi connectivity index (χ0v) is 14.4. The number of fused-ring (bicyclic) bond motifs is 1. The van der Waals surface area contributed by atoms with Crippen molar-refractivity contribution in [1.29, 1.82) is 0 Å². The van der Waals surface area contributed by atoms with Crippen molar-refractivity contribution in [2.75, 3.05) is 5.73 Å². The van der Waals surface area contributed by atoms with Gasteiger partial charge in [-0.25, -0.2) is 4.79 Å². The van der Waals surface area contributed by atoms with Gasteiger partial charge in [-0.2, -0.15) is 0 Å². The molecule has 6 heteroatoms. The molecular weight excluding hydrogens is 316 g/mol. The number of pyridine rings is 1. The van der Waals surface area contributed by atoms with Gasteiger partial charge in [-0.3, -0.25) is 4.98 Å². The minimum atomic E-state index is -0.780. The Labute approximate surface area is 146 Å². The van der Waals surface area contributed by atoms with Crippen LogP contribution in [0.25, 0.3) is 10.9 Å². The van der Waals surface area contributed by atoms with Crippen molar-refractivity contribution in [2.45, 2.75) is 32.4 Å². The highest BCUT2D eigenvalue weighted by molar-refractivity contribution is 5.91. The van der Waals surface area contributed by atoms with Gasteiger partial charge in [0.05, 0.1) is 5.52 Å². The maximum atomic E-state index is 11.0. The van der Waals surface area contributed by atoms with Crippen molar-refractivity contribution in [2.24, 2.45) is 5.73 Å². The van der Waals surface area contributed by atoms with Gasteiger partial charge in [0.25, 0.3) is 0 Å². The lowest BCUT2D eigenvalue weighted by Crippen LogP contribution is -2.33. The van der Waals surface area contributed by atoms with E-state index < -0.39 is 11.7 Å². The predicted octanol–water partition coefficient (Wildman–Crippen LogP) is 3.08. The first-order valence-corrected chi connectivity index (χ1v) is 8.10. The minimum absolute atomic E-state index is 0.489. The quantitative estimate of drug-likeness (QED) is 0.699. The van der Waals surface area contributed by atoms with Crippen LogP contribution in [0.1, 0.15) is 25.1 Å². The van der Waals surface area contributed by atoms with Crippen molar-refractivity contribution in [3.8, 4) is 0 Å². The molecule has 0 aliphatic heterocycles. The lowest BCUT2D eigenvalue weighted by Gasteiger charge is -2.23. The molecule has 4 N–H and O–H groups in total. The number of carbonyl (C=O) groups is 1. The van der Waals surface area contributed by atoms with E-state index in [1.807, 2.05) is 50.4 Å². The topological polar surface area (TPSA) is 96.2 Å². The number of benzene rings is 1. The van der Waals surface area contributed by atoms with Crippen LogP contribution < -0.4 is 11.5 Å². The molecule has 0 fully saturated rings. The Morgan fingerprint density at radius 1 is 1.28 bits per heavy atom. The molecule has 1 amide bonds. The number of nitrogens with two attached hydrogens (primary N) is 2. The first-order valence-electron chi connectivity index (χ1n) is 8.10. The highest BCUT2D eigenvalue weighted by atomic mass is 16.6. The average molecular weight is 338 g/mol. The van der Waals surface area contributed by atoms with Gasteiger partial charge in [-0.1, -0.05) is 6.07 Å². The van der Waals surface area contributed by atoms with E-state index in [1.54, 1.807) is 6.20 Å². The molecule has 3 rings (SSSR count). The first-order chi connectivity index (χ1) is 11.8. The molecule has 0 saturated heterocycles. The summed E-state index contributed by atoms with van der Waals surface area (Å²) >= 11 is 0. The van der Waals surface area contributed by atoms with Crippen LogP contribution in [0.2, 0.25) is 0 Å². The van der Waals surface area contributed by atoms with Crippen LogP contribution in [-0.4, -0.2) is 21.2 Å². The molecule has 3 aromatic rings. The van der Waals surface area contributed by atoms with Gasteiger partial charge in [0.2, 0.25) is 0 Å². The first kappa shape index (κ1) is 16.8. The van der Waals surface area contributed by atoms with Crippen LogP contribution >= 0.6 is 0 Å². The molecule has 0 atom stereocenters. The average Bonchev–Trinajstić information content (AvgIpc) is 2.90. The van der Waals surface area contributed by atoms with Crippen molar-refractivity contribution in [3.05, 3.63) is 60.0 Å². The summed E-state index contributed by atoms with van der Waals surface area (Å²) in [6.07, 6.45) is 3.51. The van der Waals surface area contributed by atoms with E-state index in [0.29, 0.717) is 13.0 Å². The normalized spacial score (nSPS) is 11.6. The summed E-state index contributed by atoms with van der Waals surface area (Å²) in [5.41, 5.74) is 14.3. The number of anilines is 1. The molecule has 0 spiro atoms. The number of nitrogen functional groups attached to an aromatic ring is 1. The smallest absolute Gasteiger partial charge is 0.405 e. The van der Waals surface area contributed by atoms with Gasteiger partial charge in [0.1, 0.15) is 5.60 Å². The Hall–Kier alpha value is -3.02. The van der Waals surface area contributed by atoms with Crippen molar-refractivity contribution >= 4 is 22.7 Å². The summed E-state index contributed by atoms with van der Waals surface area (Å²) in [5.74, 6) is 0. The Morgan fingerprint density at radius 3 is 2.84 bits per heavy atom. The van der Waals surface area contributed by atoms with Gasteiger partial charge in [-0.05, 0) is 49.7 Å². The molecule has 6 nitrogen and oxygen atoms in total. The number of carbonyl (C=O) groups excluding carboxylic acids is 1. The van der Waals surface area contributed by atoms with Gasteiger partial charge in [0.15, 0.2) is 0 Å². The number of primary amides is 1. The zero-order valence-electron chi connectivity index (χ0n) is 14.4. The molecule has 0 aliphatic carbocycles. The number of amides is 1. The van der Waals surface area contributed by atoms with Crippen molar-refractivity contribution in [3.63, 3.8) is 0 Å². The van der Waals surface area contributed by atoms with Crippen molar-refractivity contribution in [1.82, 2.24) is 9.55 Å². The SMILES string of the molecule is CC(C)(Cc1cc(Cn2ccc3c(N)cccc32)ccn1)OC(N)=O. The third kappa shape index (κ3) is 3.91. The largest absolute Gasteiger partial charge is 0.443 e. The number of rotatable bonds is 5. The van der Waals surface area contributed by atoms with E-state index in [-0.39, 0.29) is 0 Å². The Balaban J connectivity index is 1.82. The molecule has 0 bridgehead atoms. The molecule has 0 saturated carbocycles. The number of nitrogens with zero attached hydrogens (tertiary/aromatic N) is 2. The summed E-state index contributed by atoms with van der Waals surface area (Å²) < 4.78 is 7.29. The van der Waals surface area contributed by atoms with E-state index >= 15 is 0 Å². The van der Waals surface area contributed by atoms with Crippen LogP contribution in [0.5, 0.6) is 0 Å². The van der Waals surface area contributed by atoms with Crippen LogP contribution in [0.4, 0.5) is 10.5 Å². The number of hydrogen-bond acceptors (Lipinski definition) is 4. The predicted molar refractivity (Wildman–Crippen MR) is 98.1 cm³/mol. The lowest BCUT2D eigenvalue weighted by molar-refractivity contribution is 0.0453. The fraction of sp³-hybridized carbons (Fsp3) is 0.263. The van der Waals surface area contributed by atoms with Crippen LogP contribution in [0.3, 0.4) is 0 Å². The van der Waals surface area contributed by atoms with E-state index in [1.165, 1.54) is 0 Å². The van der Waals surface area contributed by atoms with Crippen LogP contribution in [-0.2, 0) is 17.7 Å². The van der Waals surface area contributed by atoms with Crippen LogP contribution in [0.15, 0.2) is 48.8 Å². The number of ether oxygens (including phenoxy) is 1. The summed E-state index contributed by atoms with van der Waals surface area (Å²) in [7, 11) is 0. The lowest BCUT2D eigenvalue weighted by atomic mass is 10.0. The maximum Gasteiger partial charge on any atom is 0.405 e. The molecule has 0 unspecified atom stereocenters. The monoisotopic (exact) mass is 338 g/mol. The van der Waals surface area contributed by atoms with Crippen molar-refractivity contribution < 1.29 is 9.53 Å².